The van der Waals surface area contributed by atoms with Gasteiger partial charge in [-0.3, -0.25) is 0 Å². The third-order valence-electron chi connectivity index (χ3n) is 2.97. The van der Waals surface area contributed by atoms with Crippen LogP contribution in [0.1, 0.15) is 26.3 Å². The van der Waals surface area contributed by atoms with Gasteiger partial charge in [0.05, 0.1) is 10.2 Å². The number of anilines is 1. The zero-order valence-electron chi connectivity index (χ0n) is 11.7. The Balaban J connectivity index is 2.43. The highest BCUT2D eigenvalue weighted by Crippen LogP contribution is 2.37. The predicted molar refractivity (Wildman–Crippen MR) is 83.7 cm³/mol. The van der Waals surface area contributed by atoms with Crippen molar-refractivity contribution in [2.45, 2.75) is 26.2 Å². The molecular formula is C16H17BrFNO. The molecule has 0 heterocycles. The van der Waals surface area contributed by atoms with Crippen molar-refractivity contribution >= 4 is 21.6 Å². The molecule has 2 rings (SSSR count). The van der Waals surface area contributed by atoms with Crippen molar-refractivity contribution in [3.8, 4) is 11.5 Å². The van der Waals surface area contributed by atoms with Crippen molar-refractivity contribution in [3.63, 3.8) is 0 Å². The first kappa shape index (κ1) is 14.9. The van der Waals surface area contributed by atoms with Crippen molar-refractivity contribution < 1.29 is 9.13 Å². The highest BCUT2D eigenvalue weighted by Gasteiger charge is 2.19. The first-order chi connectivity index (χ1) is 9.29. The number of para-hydroxylation sites is 1. The van der Waals surface area contributed by atoms with Crippen molar-refractivity contribution in [1.29, 1.82) is 0 Å². The topological polar surface area (TPSA) is 35.2 Å². The fourth-order valence-electron chi connectivity index (χ4n) is 1.93. The van der Waals surface area contributed by atoms with Crippen LogP contribution in [-0.2, 0) is 5.41 Å². The Morgan fingerprint density at radius 2 is 1.75 bits per heavy atom. The summed E-state index contributed by atoms with van der Waals surface area (Å²) < 4.78 is 19.6. The van der Waals surface area contributed by atoms with Gasteiger partial charge in [0.25, 0.3) is 0 Å². The van der Waals surface area contributed by atoms with Gasteiger partial charge in [-0.15, -0.1) is 0 Å². The zero-order chi connectivity index (χ0) is 14.9. The van der Waals surface area contributed by atoms with Gasteiger partial charge in [0.2, 0.25) is 0 Å². The lowest BCUT2D eigenvalue weighted by atomic mass is 9.86. The van der Waals surface area contributed by atoms with E-state index < -0.39 is 5.82 Å². The number of hydrogen-bond donors (Lipinski definition) is 1. The summed E-state index contributed by atoms with van der Waals surface area (Å²) in [4.78, 5) is 0. The lowest BCUT2D eigenvalue weighted by Crippen LogP contribution is -2.12. The normalized spacial score (nSPS) is 11.4. The van der Waals surface area contributed by atoms with Crippen LogP contribution in [0.4, 0.5) is 10.1 Å². The van der Waals surface area contributed by atoms with E-state index in [9.17, 15) is 4.39 Å². The van der Waals surface area contributed by atoms with Gasteiger partial charge in [-0.05, 0) is 27.4 Å². The molecule has 0 saturated heterocycles. The number of rotatable bonds is 2. The van der Waals surface area contributed by atoms with E-state index >= 15 is 0 Å². The van der Waals surface area contributed by atoms with Gasteiger partial charge in [0, 0.05) is 17.7 Å². The van der Waals surface area contributed by atoms with Gasteiger partial charge in [-0.25, -0.2) is 4.39 Å². The maximum Gasteiger partial charge on any atom is 0.151 e. The lowest BCUT2D eigenvalue weighted by Gasteiger charge is -2.23. The van der Waals surface area contributed by atoms with Crippen LogP contribution in [0.5, 0.6) is 11.5 Å². The molecule has 0 aliphatic carbocycles. The first-order valence-corrected chi connectivity index (χ1v) is 7.10. The van der Waals surface area contributed by atoms with Crippen LogP contribution in [0.15, 0.2) is 40.9 Å². The van der Waals surface area contributed by atoms with E-state index in [0.717, 1.165) is 11.3 Å². The molecule has 0 aromatic heterocycles. The van der Waals surface area contributed by atoms with Gasteiger partial charge < -0.3 is 10.5 Å². The Hall–Kier alpha value is -1.55. The third kappa shape index (κ3) is 3.12. The molecule has 2 aromatic rings. The molecule has 0 unspecified atom stereocenters. The molecule has 0 bridgehead atoms. The summed E-state index contributed by atoms with van der Waals surface area (Å²) in [6.45, 7) is 6.33. The number of ether oxygens (including phenoxy) is 1. The molecule has 0 aliphatic heterocycles. The van der Waals surface area contributed by atoms with Crippen molar-refractivity contribution in [1.82, 2.24) is 0 Å². The number of halogens is 2. The van der Waals surface area contributed by atoms with E-state index in [1.807, 2.05) is 24.3 Å². The smallest absolute Gasteiger partial charge is 0.151 e. The monoisotopic (exact) mass is 337 g/mol. The zero-order valence-corrected chi connectivity index (χ0v) is 13.3. The molecule has 0 spiro atoms. The fraction of sp³-hybridized carbons (Fsp3) is 0.250. The summed E-state index contributed by atoms with van der Waals surface area (Å²) in [6.07, 6.45) is 0. The first-order valence-electron chi connectivity index (χ1n) is 6.31. The second-order valence-electron chi connectivity index (χ2n) is 5.65. The second-order valence-corrected chi connectivity index (χ2v) is 6.51. The maximum absolute atomic E-state index is 13.4. The van der Waals surface area contributed by atoms with E-state index in [2.05, 4.69) is 36.7 Å². The number of nitrogen functional groups attached to an aromatic ring is 1. The van der Waals surface area contributed by atoms with Gasteiger partial charge in [-0.2, -0.15) is 0 Å². The van der Waals surface area contributed by atoms with Gasteiger partial charge >= 0.3 is 0 Å². The van der Waals surface area contributed by atoms with Gasteiger partial charge in [0.1, 0.15) is 11.6 Å². The van der Waals surface area contributed by atoms with Crippen LogP contribution in [0.3, 0.4) is 0 Å². The molecule has 0 saturated carbocycles. The van der Waals surface area contributed by atoms with E-state index in [4.69, 9.17) is 10.5 Å². The quantitative estimate of drug-likeness (QED) is 0.758. The van der Waals surface area contributed by atoms with Crippen LogP contribution in [0.25, 0.3) is 0 Å². The van der Waals surface area contributed by atoms with Crippen molar-refractivity contribution in [2.24, 2.45) is 0 Å². The minimum absolute atomic E-state index is 0.0530. The molecule has 0 radical (unpaired) electrons. The van der Waals surface area contributed by atoms with Crippen molar-refractivity contribution in [2.75, 3.05) is 5.73 Å². The molecule has 2 aromatic carbocycles. The molecule has 4 heteroatoms. The minimum Gasteiger partial charge on any atom is -0.455 e. The number of nitrogens with two attached hydrogens (primary N) is 1. The second kappa shape index (κ2) is 5.44. The number of hydrogen-bond acceptors (Lipinski definition) is 2. The van der Waals surface area contributed by atoms with E-state index in [-0.39, 0.29) is 11.1 Å². The summed E-state index contributed by atoms with van der Waals surface area (Å²) in [5.74, 6) is 0.763. The third-order valence-corrected chi connectivity index (χ3v) is 3.58. The summed E-state index contributed by atoms with van der Waals surface area (Å²) in [5.41, 5.74) is 7.10. The van der Waals surface area contributed by atoms with E-state index in [1.165, 1.54) is 6.07 Å². The maximum atomic E-state index is 13.4. The van der Waals surface area contributed by atoms with E-state index in [1.54, 1.807) is 6.07 Å². The van der Waals surface area contributed by atoms with Crippen LogP contribution in [0.2, 0.25) is 0 Å². The molecule has 0 atom stereocenters. The Kier molecular flexibility index (Phi) is 4.04. The largest absolute Gasteiger partial charge is 0.455 e. The van der Waals surface area contributed by atoms with E-state index in [0.29, 0.717) is 10.2 Å². The Labute approximate surface area is 126 Å². The Morgan fingerprint density at radius 3 is 2.40 bits per heavy atom. The molecule has 2 N–H and O–H groups in total. The molecule has 0 aliphatic rings. The average Bonchev–Trinajstić information content (AvgIpc) is 2.35. The van der Waals surface area contributed by atoms with Crippen LogP contribution >= 0.6 is 15.9 Å². The molecular weight excluding hydrogens is 321 g/mol. The van der Waals surface area contributed by atoms with Gasteiger partial charge in [0.15, 0.2) is 5.75 Å². The minimum atomic E-state index is -0.404. The highest BCUT2D eigenvalue weighted by atomic mass is 79.9. The van der Waals surface area contributed by atoms with Crippen LogP contribution in [-0.4, -0.2) is 0 Å². The molecule has 0 fully saturated rings. The molecule has 106 valence electrons. The molecule has 2 nitrogen and oxygen atoms in total. The fourth-order valence-corrected chi connectivity index (χ4v) is 2.25. The average molecular weight is 338 g/mol. The van der Waals surface area contributed by atoms with Crippen LogP contribution in [0, 0.1) is 5.82 Å². The number of benzene rings is 2. The summed E-state index contributed by atoms with van der Waals surface area (Å²) >= 11 is 3.14. The summed E-state index contributed by atoms with van der Waals surface area (Å²) in [7, 11) is 0. The summed E-state index contributed by atoms with van der Waals surface area (Å²) in [6, 6.07) is 10.6. The van der Waals surface area contributed by atoms with Crippen molar-refractivity contribution in [3.05, 3.63) is 52.3 Å². The Morgan fingerprint density at radius 1 is 1.10 bits per heavy atom. The standard InChI is InChI=1S/C16H17BrFNO/c1-16(2,3)10-6-4-5-7-14(10)20-15-8-11(17)12(18)9-13(15)19/h4-9H,19H2,1-3H3. The van der Waals surface area contributed by atoms with Gasteiger partial charge in [-0.1, -0.05) is 39.0 Å². The molecule has 20 heavy (non-hydrogen) atoms. The highest BCUT2D eigenvalue weighted by molar-refractivity contribution is 9.10. The van der Waals surface area contributed by atoms with Crippen LogP contribution < -0.4 is 10.5 Å². The predicted octanol–water partition coefficient (Wildman–Crippen LogP) is 5.26. The Bertz CT molecular complexity index is 635. The lowest BCUT2D eigenvalue weighted by molar-refractivity contribution is 0.455. The SMILES string of the molecule is CC(C)(C)c1ccccc1Oc1cc(Br)c(F)cc1N. The summed E-state index contributed by atoms with van der Waals surface area (Å²) in [5, 5.41) is 0. The molecule has 0 amide bonds.